The number of nitrogens with one attached hydrogen (secondary N) is 2. The minimum atomic E-state index is -4.15. The number of ether oxygens (including phenoxy) is 1. The Kier molecular flexibility index (Phi) is 15.3. The van der Waals surface area contributed by atoms with Gasteiger partial charge in [0.1, 0.15) is 5.75 Å². The van der Waals surface area contributed by atoms with Crippen molar-refractivity contribution >= 4 is 66.9 Å². The molecule has 0 spiro atoms. The van der Waals surface area contributed by atoms with Gasteiger partial charge in [-0.15, -0.1) is 0 Å². The van der Waals surface area contributed by atoms with Crippen molar-refractivity contribution in [3.05, 3.63) is 112 Å². The van der Waals surface area contributed by atoms with Gasteiger partial charge in [-0.2, -0.15) is 0 Å². The summed E-state index contributed by atoms with van der Waals surface area (Å²) in [5, 5.41) is 3.51. The van der Waals surface area contributed by atoms with Crippen LogP contribution >= 0.6 is 11.6 Å². The van der Waals surface area contributed by atoms with E-state index in [4.69, 9.17) is 26.3 Å². The maximum Gasteiger partial charge on any atom is 0.278 e. The summed E-state index contributed by atoms with van der Waals surface area (Å²) in [6.07, 6.45) is 11.3. The lowest BCUT2D eigenvalue weighted by Crippen LogP contribution is -2.34. The van der Waals surface area contributed by atoms with Crippen molar-refractivity contribution in [1.29, 1.82) is 0 Å². The molecule has 1 aromatic heterocycles. The lowest BCUT2D eigenvalue weighted by Gasteiger charge is -2.18. The fourth-order valence-corrected chi connectivity index (χ4v) is 7.91. The van der Waals surface area contributed by atoms with Gasteiger partial charge in [0.15, 0.2) is 11.5 Å². The number of carbonyl (C=O) groups excluding carboxylic acids is 1. The number of sulfonamides is 1. The second kappa shape index (κ2) is 20.3. The molecule has 2 N–H and O–H groups in total. The van der Waals surface area contributed by atoms with Crippen LogP contribution in [0.15, 0.2) is 99.6 Å². The van der Waals surface area contributed by atoms with Crippen LogP contribution in [0.5, 0.6) is 5.75 Å². The van der Waals surface area contributed by atoms with E-state index < -0.39 is 15.9 Å². The molecule has 13 heteroatoms. The molecule has 0 saturated carbocycles. The lowest BCUT2D eigenvalue weighted by molar-refractivity contribution is -0.110. The number of carbonyl (C=O) groups is 1. The summed E-state index contributed by atoms with van der Waals surface area (Å²) < 4.78 is 36.7. The highest BCUT2D eigenvalue weighted by Gasteiger charge is 2.25. The molecular weight excluding hydrogens is 760 g/mol. The summed E-state index contributed by atoms with van der Waals surface area (Å²) in [6, 6.07) is 23.3. The van der Waals surface area contributed by atoms with Gasteiger partial charge >= 0.3 is 0 Å². The van der Waals surface area contributed by atoms with Gasteiger partial charge < -0.3 is 15.0 Å². The normalized spacial score (nSPS) is 11.8. The van der Waals surface area contributed by atoms with Gasteiger partial charge in [-0.1, -0.05) is 101 Å². The molecule has 11 nitrogen and oxygen atoms in total. The zero-order valence-electron chi connectivity index (χ0n) is 33.5. The number of aliphatic imine (C=N–C) groups is 1. The number of nitrogens with zero attached hydrogens (tertiary/aromatic N) is 4. The Bertz CT molecular complexity index is 2380. The van der Waals surface area contributed by atoms with Crippen molar-refractivity contribution in [3.63, 3.8) is 0 Å². The molecule has 302 valence electrons. The molecule has 4 aromatic carbocycles. The topological polar surface area (TPSA) is 135 Å². The molecule has 1 heterocycles. The number of methoxy groups -OCH3 is 1. The van der Waals surface area contributed by atoms with Crippen LogP contribution < -0.4 is 25.2 Å². The third kappa shape index (κ3) is 11.2. The highest BCUT2D eigenvalue weighted by Crippen LogP contribution is 2.31. The summed E-state index contributed by atoms with van der Waals surface area (Å²) in [4.78, 5) is 40.5. The minimum absolute atomic E-state index is 0.0706. The number of fused-ring (bicyclic) bond motifs is 1. The third-order valence-electron chi connectivity index (χ3n) is 9.80. The Balaban J connectivity index is 1.54. The summed E-state index contributed by atoms with van der Waals surface area (Å²) >= 11 is 6.25. The molecular formula is C44H53ClN6O5S. The van der Waals surface area contributed by atoms with E-state index >= 15 is 0 Å². The number of unbranched alkanes of at least 4 members (excludes halogenated alkanes) is 9. The molecule has 0 aliphatic carbocycles. The summed E-state index contributed by atoms with van der Waals surface area (Å²) in [6.45, 7) is 4.45. The van der Waals surface area contributed by atoms with Gasteiger partial charge in [0.2, 0.25) is 0 Å². The smallest absolute Gasteiger partial charge is 0.278 e. The quantitative estimate of drug-likeness (QED) is 0.0590. The molecule has 5 aromatic rings. The summed E-state index contributed by atoms with van der Waals surface area (Å²) in [5.41, 5.74) is 2.56. The van der Waals surface area contributed by atoms with Gasteiger partial charge in [-0.25, -0.2) is 18.4 Å². The number of anilines is 3. The number of hydrogen-bond donors (Lipinski definition) is 2. The van der Waals surface area contributed by atoms with Gasteiger partial charge in [0.25, 0.3) is 21.5 Å². The number of halogens is 1. The van der Waals surface area contributed by atoms with Crippen LogP contribution in [-0.4, -0.2) is 50.8 Å². The van der Waals surface area contributed by atoms with Crippen molar-refractivity contribution in [3.8, 4) is 5.75 Å². The molecule has 0 aliphatic rings. The summed E-state index contributed by atoms with van der Waals surface area (Å²) in [7, 11) is 1.14. The van der Waals surface area contributed by atoms with Gasteiger partial charge in [-0.05, 0) is 79.6 Å². The fraction of sp³-hybridized carbons (Fsp3) is 0.364. The first-order valence-corrected chi connectivity index (χ1v) is 21.4. The molecule has 0 saturated heterocycles. The van der Waals surface area contributed by atoms with E-state index in [-0.39, 0.29) is 44.1 Å². The molecule has 0 radical (unpaired) electrons. The fourth-order valence-electron chi connectivity index (χ4n) is 6.56. The average Bonchev–Trinajstić information content (AvgIpc) is 3.19. The van der Waals surface area contributed by atoms with Crippen molar-refractivity contribution in [2.24, 2.45) is 4.99 Å². The van der Waals surface area contributed by atoms with Crippen LogP contribution in [0.2, 0.25) is 5.02 Å². The Labute approximate surface area is 341 Å². The molecule has 1 amide bonds. The van der Waals surface area contributed by atoms with Crippen LogP contribution in [0, 0.1) is 6.92 Å². The standard InChI is InChI=1S/C44H53ClN6O5S/c1-6-7-8-9-10-11-12-13-14-19-28-51-42(47-37-22-17-15-20-34(37)44(51)53)41(46-36-26-24-32(50(3)4)29-31(36)2)43(52)48-39-30-33(25-27-40(39)56-5)57(54,55)49-38-23-18-16-21-35(38)45/h15-18,20-27,29-30,49H,6-14,19,28H2,1-5H3,(H,48,52). The molecule has 0 bridgehead atoms. The first-order valence-electron chi connectivity index (χ1n) is 19.6. The maximum absolute atomic E-state index is 14.7. The van der Waals surface area contributed by atoms with E-state index in [2.05, 4.69) is 17.0 Å². The van der Waals surface area contributed by atoms with Gasteiger partial charge in [0, 0.05) is 26.3 Å². The SMILES string of the molecule is CCCCCCCCCCCCn1c(C(=Nc2ccc(N(C)C)cc2C)C(=O)Nc2cc(S(=O)(=O)Nc3ccccc3Cl)ccc2OC)nc2ccccc2c1=O. The van der Waals surface area contributed by atoms with E-state index in [0.717, 1.165) is 30.5 Å². The first kappa shape index (κ1) is 42.9. The second-order valence-corrected chi connectivity index (χ2v) is 16.4. The predicted molar refractivity (Wildman–Crippen MR) is 233 cm³/mol. The predicted octanol–water partition coefficient (Wildman–Crippen LogP) is 9.91. The van der Waals surface area contributed by atoms with Crippen LogP contribution in [-0.2, 0) is 21.4 Å². The van der Waals surface area contributed by atoms with Crippen molar-refractivity contribution in [2.45, 2.75) is 89.5 Å². The maximum atomic E-state index is 14.7. The number of para-hydroxylation sites is 2. The van der Waals surface area contributed by atoms with E-state index in [1.165, 1.54) is 63.8 Å². The Hall–Kier alpha value is -5.20. The van der Waals surface area contributed by atoms with Crippen LogP contribution in [0.25, 0.3) is 10.9 Å². The summed E-state index contributed by atoms with van der Waals surface area (Å²) in [5.74, 6) is -0.400. The molecule has 5 rings (SSSR count). The minimum Gasteiger partial charge on any atom is -0.495 e. The molecule has 57 heavy (non-hydrogen) atoms. The number of aromatic nitrogens is 2. The second-order valence-electron chi connectivity index (χ2n) is 14.3. The monoisotopic (exact) mass is 812 g/mol. The van der Waals surface area contributed by atoms with E-state index in [9.17, 15) is 18.0 Å². The first-order chi connectivity index (χ1) is 27.4. The van der Waals surface area contributed by atoms with Crippen molar-refractivity contribution in [1.82, 2.24) is 9.55 Å². The zero-order chi connectivity index (χ0) is 41.0. The Morgan fingerprint density at radius 2 is 1.53 bits per heavy atom. The van der Waals surface area contributed by atoms with E-state index in [1.807, 2.05) is 44.1 Å². The number of benzene rings is 4. The van der Waals surface area contributed by atoms with E-state index in [1.54, 1.807) is 53.1 Å². The van der Waals surface area contributed by atoms with Gasteiger partial charge in [-0.3, -0.25) is 18.9 Å². The highest BCUT2D eigenvalue weighted by atomic mass is 35.5. The molecule has 0 aliphatic heterocycles. The van der Waals surface area contributed by atoms with Crippen LogP contribution in [0.1, 0.15) is 82.5 Å². The molecule has 0 fully saturated rings. The highest BCUT2D eigenvalue weighted by molar-refractivity contribution is 7.92. The zero-order valence-corrected chi connectivity index (χ0v) is 35.0. The number of aryl methyl sites for hydroxylation is 1. The van der Waals surface area contributed by atoms with Crippen LogP contribution in [0.3, 0.4) is 0 Å². The largest absolute Gasteiger partial charge is 0.495 e. The number of hydrogen-bond acceptors (Lipinski definition) is 8. The lowest BCUT2D eigenvalue weighted by atomic mass is 10.1. The number of rotatable bonds is 20. The average molecular weight is 813 g/mol. The van der Waals surface area contributed by atoms with Crippen molar-refractivity contribution in [2.75, 3.05) is 36.1 Å². The Morgan fingerprint density at radius 3 is 2.19 bits per heavy atom. The molecule has 0 atom stereocenters. The van der Waals surface area contributed by atoms with Crippen molar-refractivity contribution < 1.29 is 17.9 Å². The van der Waals surface area contributed by atoms with Gasteiger partial charge in [0.05, 0.1) is 45.0 Å². The van der Waals surface area contributed by atoms with E-state index in [0.29, 0.717) is 29.6 Å². The van der Waals surface area contributed by atoms with Crippen LogP contribution in [0.4, 0.5) is 22.7 Å². The molecule has 0 unspecified atom stereocenters. The number of amides is 1. The third-order valence-corrected chi connectivity index (χ3v) is 11.5. The Morgan fingerprint density at radius 1 is 0.860 bits per heavy atom.